The Morgan fingerprint density at radius 3 is 2.11 bits per heavy atom. The molecule has 1 N–H and O–H groups in total. The fourth-order valence-electron chi connectivity index (χ4n) is 3.22. The van der Waals surface area contributed by atoms with E-state index in [4.69, 9.17) is 0 Å². The van der Waals surface area contributed by atoms with Crippen LogP contribution in [0.3, 0.4) is 0 Å². The van der Waals surface area contributed by atoms with Gasteiger partial charge in [-0.25, -0.2) is 0 Å². The maximum absolute atomic E-state index is 12.5. The summed E-state index contributed by atoms with van der Waals surface area (Å²) < 4.78 is 0. The number of benzene rings is 4. The summed E-state index contributed by atoms with van der Waals surface area (Å²) in [7, 11) is 0. The molecule has 0 radical (unpaired) electrons. The van der Waals surface area contributed by atoms with E-state index in [9.17, 15) is 4.79 Å². The highest BCUT2D eigenvalue weighted by molar-refractivity contribution is 6.02. The summed E-state index contributed by atoms with van der Waals surface area (Å²) in [5.41, 5.74) is 4.13. The lowest BCUT2D eigenvalue weighted by molar-refractivity contribution is -0.115. The van der Waals surface area contributed by atoms with Crippen LogP contribution in [0.4, 0.5) is 5.69 Å². The maximum atomic E-state index is 12.5. The van der Waals surface area contributed by atoms with Gasteiger partial charge in [0.25, 0.3) is 0 Å². The highest BCUT2D eigenvalue weighted by atomic mass is 16.1. The van der Waals surface area contributed by atoms with Crippen molar-refractivity contribution >= 4 is 34.5 Å². The third kappa shape index (κ3) is 4.36. The summed E-state index contributed by atoms with van der Waals surface area (Å²) >= 11 is 0. The first-order valence-electron chi connectivity index (χ1n) is 9.38. The van der Waals surface area contributed by atoms with Crippen LogP contribution >= 0.6 is 0 Å². The molecular weight excluding hydrogens is 342 g/mol. The molecule has 2 nitrogen and oxygen atoms in total. The summed E-state index contributed by atoms with van der Waals surface area (Å²) in [6.07, 6.45) is 4.52. The van der Waals surface area contributed by atoms with Crippen LogP contribution in [-0.4, -0.2) is 5.91 Å². The first-order chi connectivity index (χ1) is 13.8. The molecule has 0 unspecified atom stereocenters. The molecule has 0 aromatic heterocycles. The van der Waals surface area contributed by atoms with Gasteiger partial charge in [0.2, 0.25) is 5.91 Å². The van der Waals surface area contributed by atoms with Gasteiger partial charge >= 0.3 is 0 Å². The molecule has 0 bridgehead atoms. The van der Waals surface area contributed by atoms with Gasteiger partial charge in [-0.15, -0.1) is 0 Å². The first kappa shape index (κ1) is 17.7. The summed E-state index contributed by atoms with van der Waals surface area (Å²) in [5.74, 6) is -0.0102. The van der Waals surface area contributed by atoms with Gasteiger partial charge in [-0.1, -0.05) is 103 Å². The van der Waals surface area contributed by atoms with Gasteiger partial charge in [0.15, 0.2) is 0 Å². The number of hydrogen-bond acceptors (Lipinski definition) is 1. The van der Waals surface area contributed by atoms with E-state index < -0.39 is 0 Å². The minimum atomic E-state index is -0.0102. The molecule has 4 rings (SSSR count). The van der Waals surface area contributed by atoms with Crippen LogP contribution in [0.5, 0.6) is 0 Å². The summed E-state index contributed by atoms with van der Waals surface area (Å²) in [6, 6.07) is 32.3. The van der Waals surface area contributed by atoms with Crippen molar-refractivity contribution in [2.45, 2.75) is 6.42 Å². The number of rotatable bonds is 5. The first-order valence-corrected chi connectivity index (χ1v) is 9.38. The van der Waals surface area contributed by atoms with Gasteiger partial charge in [0.1, 0.15) is 0 Å². The largest absolute Gasteiger partial charge is 0.325 e. The van der Waals surface area contributed by atoms with E-state index in [0.717, 1.165) is 27.6 Å². The lowest BCUT2D eigenvalue weighted by Gasteiger charge is -2.09. The van der Waals surface area contributed by atoms with E-state index >= 15 is 0 Å². The predicted octanol–water partition coefficient (Wildman–Crippen LogP) is 6.19. The topological polar surface area (TPSA) is 29.1 Å². The van der Waals surface area contributed by atoms with Crippen LogP contribution in [0.2, 0.25) is 0 Å². The van der Waals surface area contributed by atoms with Crippen molar-refractivity contribution in [3.05, 3.63) is 114 Å². The zero-order valence-corrected chi connectivity index (χ0v) is 15.5. The highest BCUT2D eigenvalue weighted by Gasteiger charge is 2.06. The predicted molar refractivity (Wildman–Crippen MR) is 118 cm³/mol. The van der Waals surface area contributed by atoms with E-state index in [1.54, 1.807) is 0 Å². The van der Waals surface area contributed by atoms with Crippen molar-refractivity contribution in [2.75, 3.05) is 5.32 Å². The van der Waals surface area contributed by atoms with Crippen molar-refractivity contribution in [1.82, 2.24) is 0 Å². The van der Waals surface area contributed by atoms with Crippen LogP contribution in [0.25, 0.3) is 22.9 Å². The second-order valence-corrected chi connectivity index (χ2v) is 6.74. The van der Waals surface area contributed by atoms with Gasteiger partial charge in [0.05, 0.1) is 6.42 Å². The number of nitrogens with one attached hydrogen (secondary N) is 1. The smallest absolute Gasteiger partial charge is 0.228 e. The van der Waals surface area contributed by atoms with Crippen LogP contribution in [-0.2, 0) is 11.2 Å². The SMILES string of the molecule is O=C(Cc1ccc(/C=C/c2ccccc2)cc1)Nc1cccc2ccccc12. The van der Waals surface area contributed by atoms with E-state index in [-0.39, 0.29) is 5.91 Å². The molecule has 0 fully saturated rings. The minimum absolute atomic E-state index is 0.0102. The molecule has 0 aliphatic heterocycles. The molecule has 0 heterocycles. The van der Waals surface area contributed by atoms with Crippen molar-refractivity contribution in [3.8, 4) is 0 Å². The molecular formula is C26H21NO. The number of amides is 1. The summed E-state index contributed by atoms with van der Waals surface area (Å²) in [5, 5.41) is 5.22. The second kappa shape index (κ2) is 8.36. The Hall–Kier alpha value is -3.65. The molecule has 0 atom stereocenters. The zero-order chi connectivity index (χ0) is 19.2. The highest BCUT2D eigenvalue weighted by Crippen LogP contribution is 2.23. The molecule has 0 aliphatic rings. The van der Waals surface area contributed by atoms with Gasteiger partial charge < -0.3 is 5.32 Å². The van der Waals surface area contributed by atoms with Gasteiger partial charge in [-0.3, -0.25) is 4.79 Å². The number of carbonyl (C=O) groups is 1. The Morgan fingerprint density at radius 1 is 0.679 bits per heavy atom. The van der Waals surface area contributed by atoms with Crippen molar-refractivity contribution in [1.29, 1.82) is 0 Å². The van der Waals surface area contributed by atoms with Gasteiger partial charge in [0, 0.05) is 11.1 Å². The average Bonchev–Trinajstić information content (AvgIpc) is 2.74. The van der Waals surface area contributed by atoms with Crippen LogP contribution < -0.4 is 5.32 Å². The second-order valence-electron chi connectivity index (χ2n) is 6.74. The molecule has 136 valence electrons. The average molecular weight is 363 g/mol. The van der Waals surface area contributed by atoms with Gasteiger partial charge in [-0.05, 0) is 28.1 Å². The molecule has 1 amide bonds. The van der Waals surface area contributed by atoms with E-state index in [1.165, 1.54) is 5.56 Å². The molecule has 0 spiro atoms. The molecule has 28 heavy (non-hydrogen) atoms. The van der Waals surface area contributed by atoms with Crippen LogP contribution in [0.1, 0.15) is 16.7 Å². The fourth-order valence-corrected chi connectivity index (χ4v) is 3.22. The normalized spacial score (nSPS) is 11.0. The Morgan fingerprint density at radius 2 is 1.32 bits per heavy atom. The standard InChI is InChI=1S/C26H21NO/c28-26(27-25-12-6-10-23-9-4-5-11-24(23)25)19-22-17-15-21(16-18-22)14-13-20-7-2-1-3-8-20/h1-18H,19H2,(H,27,28)/b14-13+. The molecule has 0 saturated heterocycles. The molecule has 4 aromatic carbocycles. The quantitative estimate of drug-likeness (QED) is 0.421. The molecule has 0 aliphatic carbocycles. The third-order valence-electron chi connectivity index (χ3n) is 4.68. The summed E-state index contributed by atoms with van der Waals surface area (Å²) in [6.45, 7) is 0. The number of carbonyl (C=O) groups excluding carboxylic acids is 1. The molecule has 2 heteroatoms. The molecule has 4 aromatic rings. The fraction of sp³-hybridized carbons (Fsp3) is 0.0385. The number of fused-ring (bicyclic) bond motifs is 1. The Balaban J connectivity index is 1.41. The third-order valence-corrected chi connectivity index (χ3v) is 4.68. The number of anilines is 1. The molecule has 0 saturated carbocycles. The minimum Gasteiger partial charge on any atom is -0.325 e. The van der Waals surface area contributed by atoms with Gasteiger partial charge in [-0.2, -0.15) is 0 Å². The van der Waals surface area contributed by atoms with E-state index in [1.807, 2.05) is 84.9 Å². The number of hydrogen-bond donors (Lipinski definition) is 1. The maximum Gasteiger partial charge on any atom is 0.228 e. The van der Waals surface area contributed by atoms with Crippen molar-refractivity contribution in [2.24, 2.45) is 0 Å². The lowest BCUT2D eigenvalue weighted by atomic mass is 10.1. The van der Waals surface area contributed by atoms with Crippen molar-refractivity contribution < 1.29 is 4.79 Å². The van der Waals surface area contributed by atoms with Crippen molar-refractivity contribution in [3.63, 3.8) is 0 Å². The summed E-state index contributed by atoms with van der Waals surface area (Å²) in [4.78, 5) is 12.5. The monoisotopic (exact) mass is 363 g/mol. The van der Waals surface area contributed by atoms with Crippen LogP contribution in [0.15, 0.2) is 97.1 Å². The lowest BCUT2D eigenvalue weighted by Crippen LogP contribution is -2.14. The Bertz CT molecular complexity index is 1110. The zero-order valence-electron chi connectivity index (χ0n) is 15.5. The van der Waals surface area contributed by atoms with Crippen LogP contribution in [0, 0.1) is 0 Å². The van der Waals surface area contributed by atoms with E-state index in [0.29, 0.717) is 6.42 Å². The Labute approximate surface area is 165 Å². The van der Waals surface area contributed by atoms with E-state index in [2.05, 4.69) is 29.6 Å². The Kier molecular flexibility index (Phi) is 5.30.